The Morgan fingerprint density at radius 3 is 2.65 bits per heavy atom. The molecule has 0 aliphatic carbocycles. The van der Waals surface area contributed by atoms with Crippen molar-refractivity contribution in [2.24, 2.45) is 0 Å². The highest BCUT2D eigenvalue weighted by molar-refractivity contribution is 5.65. The van der Waals surface area contributed by atoms with Crippen LogP contribution in [0.25, 0.3) is 11.1 Å². The normalized spacial score (nSPS) is 17.6. The Balaban J connectivity index is 1.76. The van der Waals surface area contributed by atoms with Gasteiger partial charge in [0.2, 0.25) is 0 Å². The van der Waals surface area contributed by atoms with E-state index in [2.05, 4.69) is 22.5 Å². The number of nitrogens with zero attached hydrogens (tertiary/aromatic N) is 1. The highest BCUT2D eigenvalue weighted by atomic mass is 16.5. The molecule has 1 atom stereocenters. The largest absolute Gasteiger partial charge is 0.473 e. The van der Waals surface area contributed by atoms with Gasteiger partial charge in [-0.1, -0.05) is 24.3 Å². The third kappa shape index (κ3) is 2.78. The van der Waals surface area contributed by atoms with Gasteiger partial charge >= 0.3 is 0 Å². The zero-order valence-electron chi connectivity index (χ0n) is 10.8. The van der Waals surface area contributed by atoms with Gasteiger partial charge in [-0.15, -0.1) is 0 Å². The van der Waals surface area contributed by atoms with Crippen LogP contribution < -0.4 is 21.1 Å². The Kier molecular flexibility index (Phi) is 3.61. The first-order valence-corrected chi connectivity index (χ1v) is 6.36. The van der Waals surface area contributed by atoms with Crippen molar-refractivity contribution < 1.29 is 4.74 Å². The summed E-state index contributed by atoms with van der Waals surface area (Å²) in [6, 6.07) is 17.5. The fourth-order valence-corrected chi connectivity index (χ4v) is 2.06. The lowest BCUT2D eigenvalue weighted by Crippen LogP contribution is -2.36. The molecule has 1 fully saturated rings. The van der Waals surface area contributed by atoms with Gasteiger partial charge in [-0.2, -0.15) is 10.8 Å². The second-order valence-electron chi connectivity index (χ2n) is 4.47. The summed E-state index contributed by atoms with van der Waals surface area (Å²) in [7, 11) is 0. The average Bonchev–Trinajstić information content (AvgIpc) is 3.01. The number of rotatable bonds is 3. The summed E-state index contributed by atoms with van der Waals surface area (Å²) in [5.74, 6) is 0.799. The van der Waals surface area contributed by atoms with Gasteiger partial charge in [-0.3, -0.25) is 0 Å². The van der Waals surface area contributed by atoms with E-state index in [4.69, 9.17) is 10.00 Å². The van der Waals surface area contributed by atoms with E-state index in [9.17, 15) is 0 Å². The van der Waals surface area contributed by atoms with E-state index in [1.807, 2.05) is 42.5 Å². The van der Waals surface area contributed by atoms with E-state index in [1.165, 1.54) is 0 Å². The van der Waals surface area contributed by atoms with Gasteiger partial charge in [0.25, 0.3) is 0 Å². The zero-order valence-corrected chi connectivity index (χ0v) is 10.8. The first-order valence-electron chi connectivity index (χ1n) is 6.36. The monoisotopic (exact) mass is 266 g/mol. The Hall–Kier alpha value is -2.39. The van der Waals surface area contributed by atoms with Crippen LogP contribution in [0.1, 0.15) is 5.56 Å². The van der Waals surface area contributed by atoms with E-state index in [1.54, 1.807) is 6.07 Å². The molecule has 2 aromatic carbocycles. The summed E-state index contributed by atoms with van der Waals surface area (Å²) < 4.78 is 5.72. The fourth-order valence-electron chi connectivity index (χ4n) is 2.06. The van der Waals surface area contributed by atoms with Gasteiger partial charge in [-0.05, 0) is 35.4 Å². The minimum Gasteiger partial charge on any atom is -0.473 e. The summed E-state index contributed by atoms with van der Waals surface area (Å²) in [6.45, 7) is 0.700. The van der Waals surface area contributed by atoms with Crippen LogP contribution in [0.2, 0.25) is 0 Å². The van der Waals surface area contributed by atoms with Crippen LogP contribution >= 0.6 is 0 Å². The second-order valence-corrected chi connectivity index (χ2v) is 4.47. The molecule has 0 radical (unpaired) electrons. The summed E-state index contributed by atoms with van der Waals surface area (Å²) in [5.41, 5.74) is 11.4. The molecule has 0 saturated carbocycles. The Labute approximate surface area is 117 Å². The molecule has 0 spiro atoms. The van der Waals surface area contributed by atoms with Gasteiger partial charge in [0.15, 0.2) is 6.23 Å². The van der Waals surface area contributed by atoms with Crippen molar-refractivity contribution in [3.05, 3.63) is 54.1 Å². The van der Waals surface area contributed by atoms with Crippen molar-refractivity contribution in [2.75, 3.05) is 6.54 Å². The second kappa shape index (κ2) is 5.72. The van der Waals surface area contributed by atoms with Crippen LogP contribution in [0.5, 0.6) is 5.75 Å². The van der Waals surface area contributed by atoms with Crippen LogP contribution in [-0.4, -0.2) is 12.8 Å². The van der Waals surface area contributed by atoms with E-state index < -0.39 is 0 Å². The molecule has 3 rings (SSSR count). The molecule has 0 aromatic heterocycles. The van der Waals surface area contributed by atoms with E-state index in [0.717, 1.165) is 16.9 Å². The summed E-state index contributed by atoms with van der Waals surface area (Å²) in [5, 5.41) is 8.92. The van der Waals surface area contributed by atoms with Crippen molar-refractivity contribution in [3.8, 4) is 22.9 Å². The summed E-state index contributed by atoms with van der Waals surface area (Å²) in [4.78, 5) is 0. The van der Waals surface area contributed by atoms with Crippen LogP contribution in [0.15, 0.2) is 48.5 Å². The zero-order chi connectivity index (χ0) is 13.8. The molecule has 3 N–H and O–H groups in total. The maximum absolute atomic E-state index is 8.92. The smallest absolute Gasteiger partial charge is 0.177 e. The van der Waals surface area contributed by atoms with Crippen molar-refractivity contribution in [2.45, 2.75) is 6.23 Å². The number of hydrogen-bond acceptors (Lipinski definition) is 5. The number of nitrogens with one attached hydrogen (secondary N) is 3. The maximum atomic E-state index is 8.92. The van der Waals surface area contributed by atoms with Crippen molar-refractivity contribution >= 4 is 0 Å². The molecule has 5 heteroatoms. The topological polar surface area (TPSA) is 69.1 Å². The Morgan fingerprint density at radius 2 is 1.95 bits per heavy atom. The molecule has 2 aromatic rings. The predicted molar refractivity (Wildman–Crippen MR) is 75.3 cm³/mol. The highest BCUT2D eigenvalue weighted by Gasteiger charge is 2.14. The van der Waals surface area contributed by atoms with Crippen molar-refractivity contribution in [1.82, 2.24) is 16.4 Å². The first kappa shape index (κ1) is 12.6. The molecule has 20 heavy (non-hydrogen) atoms. The van der Waals surface area contributed by atoms with Crippen LogP contribution in [0.4, 0.5) is 0 Å². The molecular weight excluding hydrogens is 252 g/mol. The number of hydrogen-bond donors (Lipinski definition) is 3. The number of benzene rings is 2. The Bertz CT molecular complexity index is 627. The first-order chi connectivity index (χ1) is 9.85. The van der Waals surface area contributed by atoms with E-state index in [-0.39, 0.29) is 6.23 Å². The van der Waals surface area contributed by atoms with Gasteiger partial charge in [0, 0.05) is 0 Å². The minimum atomic E-state index is -0.0808. The average molecular weight is 266 g/mol. The third-order valence-corrected chi connectivity index (χ3v) is 3.07. The third-order valence-electron chi connectivity index (χ3n) is 3.07. The van der Waals surface area contributed by atoms with Gasteiger partial charge in [0.05, 0.1) is 18.2 Å². The van der Waals surface area contributed by atoms with Crippen molar-refractivity contribution in [1.29, 1.82) is 5.26 Å². The number of ether oxygens (including phenoxy) is 1. The highest BCUT2D eigenvalue weighted by Crippen LogP contribution is 2.23. The van der Waals surface area contributed by atoms with Crippen LogP contribution in [0, 0.1) is 11.3 Å². The standard InChI is InChI=1S/C15H14N4O/c16-9-11-2-1-3-13(8-11)12-4-6-14(7-5-12)20-15-10-17-19-18-15/h1-8,15,17-19H,10H2. The minimum absolute atomic E-state index is 0.0808. The SMILES string of the molecule is N#Cc1cccc(-c2ccc(OC3CNNN3)cc2)c1. The van der Waals surface area contributed by atoms with Crippen LogP contribution in [0.3, 0.4) is 0 Å². The molecular formula is C15H14N4O. The quantitative estimate of drug-likeness (QED) is 0.786. The molecule has 1 unspecified atom stereocenters. The fraction of sp³-hybridized carbons (Fsp3) is 0.133. The summed E-state index contributed by atoms with van der Waals surface area (Å²) in [6.07, 6.45) is -0.0808. The van der Waals surface area contributed by atoms with Gasteiger partial charge in [-0.25, -0.2) is 10.9 Å². The molecule has 0 amide bonds. The van der Waals surface area contributed by atoms with Gasteiger partial charge in [0.1, 0.15) is 5.75 Å². The molecule has 1 heterocycles. The molecule has 1 saturated heterocycles. The Morgan fingerprint density at radius 1 is 1.10 bits per heavy atom. The molecule has 1 aliphatic rings. The van der Waals surface area contributed by atoms with Gasteiger partial charge < -0.3 is 4.74 Å². The molecule has 5 nitrogen and oxygen atoms in total. The lowest BCUT2D eigenvalue weighted by Gasteiger charge is -2.12. The van der Waals surface area contributed by atoms with Crippen molar-refractivity contribution in [3.63, 3.8) is 0 Å². The number of hydrazine groups is 2. The molecule has 0 bridgehead atoms. The molecule has 100 valence electrons. The lowest BCUT2D eigenvalue weighted by atomic mass is 10.0. The van der Waals surface area contributed by atoms with Crippen LogP contribution in [-0.2, 0) is 0 Å². The van der Waals surface area contributed by atoms with E-state index in [0.29, 0.717) is 12.1 Å². The van der Waals surface area contributed by atoms with E-state index >= 15 is 0 Å². The molecule has 1 aliphatic heterocycles. The maximum Gasteiger partial charge on any atom is 0.177 e. The summed E-state index contributed by atoms with van der Waals surface area (Å²) >= 11 is 0. The number of nitriles is 1. The lowest BCUT2D eigenvalue weighted by molar-refractivity contribution is 0.191. The predicted octanol–water partition coefficient (Wildman–Crippen LogP) is 1.54.